The van der Waals surface area contributed by atoms with Crippen molar-refractivity contribution >= 4 is 17.9 Å². The van der Waals surface area contributed by atoms with E-state index in [4.69, 9.17) is 14.2 Å². The van der Waals surface area contributed by atoms with Crippen LogP contribution in [0.15, 0.2) is 36.5 Å². The lowest BCUT2D eigenvalue weighted by molar-refractivity contribution is -0.167. The van der Waals surface area contributed by atoms with E-state index in [1.807, 2.05) is 0 Å². The number of hydrogen-bond acceptors (Lipinski definition) is 6. The lowest BCUT2D eigenvalue weighted by atomic mass is 10.1. The number of carbonyl (C=O) groups is 3. The largest absolute Gasteiger partial charge is 0.462 e. The number of unbranched alkanes of at least 4 members (excludes halogenated alkanes) is 18. The predicted molar refractivity (Wildman–Crippen MR) is 201 cm³/mol. The van der Waals surface area contributed by atoms with Crippen LogP contribution >= 0.6 is 0 Å². The molecule has 0 fully saturated rings. The molecule has 0 aromatic rings. The first-order chi connectivity index (χ1) is 23.5. The Morgan fingerprint density at radius 1 is 0.417 bits per heavy atom. The van der Waals surface area contributed by atoms with Crippen LogP contribution in [-0.2, 0) is 28.6 Å². The minimum Gasteiger partial charge on any atom is -0.462 e. The molecule has 6 heteroatoms. The number of hydrogen-bond donors (Lipinski definition) is 0. The Morgan fingerprint density at radius 3 is 1.27 bits per heavy atom. The number of ether oxygens (including phenoxy) is 3. The average Bonchev–Trinajstić information content (AvgIpc) is 3.08. The van der Waals surface area contributed by atoms with Gasteiger partial charge >= 0.3 is 17.9 Å². The third-order valence-corrected chi connectivity index (χ3v) is 8.33. The predicted octanol–water partition coefficient (Wildman–Crippen LogP) is 12.2. The van der Waals surface area contributed by atoms with Crippen LogP contribution < -0.4 is 0 Å². The molecule has 0 radical (unpaired) electrons. The molecule has 0 aromatic heterocycles. The first kappa shape index (κ1) is 45.6. The summed E-state index contributed by atoms with van der Waals surface area (Å²) in [6, 6.07) is 0. The molecule has 278 valence electrons. The minimum atomic E-state index is -0.774. The summed E-state index contributed by atoms with van der Waals surface area (Å²) >= 11 is 0. The van der Waals surface area contributed by atoms with E-state index < -0.39 is 6.10 Å². The van der Waals surface area contributed by atoms with Gasteiger partial charge in [-0.05, 0) is 64.2 Å². The molecule has 1 atom stereocenters. The molecule has 0 aromatic carbocycles. The van der Waals surface area contributed by atoms with Crippen molar-refractivity contribution in [3.63, 3.8) is 0 Å². The van der Waals surface area contributed by atoms with Gasteiger partial charge in [-0.15, -0.1) is 0 Å². The molecular formula is C42H74O6. The van der Waals surface area contributed by atoms with Crippen molar-refractivity contribution in [2.24, 2.45) is 0 Å². The highest BCUT2D eigenvalue weighted by Gasteiger charge is 2.19. The average molecular weight is 675 g/mol. The quantitative estimate of drug-likeness (QED) is 0.0288. The summed E-state index contributed by atoms with van der Waals surface area (Å²) in [4.78, 5) is 37.4. The maximum Gasteiger partial charge on any atom is 0.306 e. The van der Waals surface area contributed by atoms with Gasteiger partial charge in [0.15, 0.2) is 6.10 Å². The lowest BCUT2D eigenvalue weighted by Crippen LogP contribution is -2.30. The number of rotatable bonds is 35. The van der Waals surface area contributed by atoms with E-state index in [-0.39, 0.29) is 31.1 Å². The fourth-order valence-electron chi connectivity index (χ4n) is 5.30. The van der Waals surface area contributed by atoms with Crippen LogP contribution in [0.25, 0.3) is 0 Å². The number of allylic oxidation sites excluding steroid dienone is 6. The van der Waals surface area contributed by atoms with Crippen LogP contribution in [0.4, 0.5) is 0 Å². The van der Waals surface area contributed by atoms with Gasteiger partial charge < -0.3 is 14.2 Å². The van der Waals surface area contributed by atoms with Crippen molar-refractivity contribution in [1.29, 1.82) is 0 Å². The minimum absolute atomic E-state index is 0.0800. The van der Waals surface area contributed by atoms with Gasteiger partial charge in [0.05, 0.1) is 0 Å². The first-order valence-corrected chi connectivity index (χ1v) is 20.0. The molecule has 6 nitrogen and oxygen atoms in total. The Hall–Kier alpha value is -2.37. The van der Waals surface area contributed by atoms with Gasteiger partial charge in [0, 0.05) is 19.3 Å². The summed E-state index contributed by atoms with van der Waals surface area (Å²) in [6.45, 7) is 6.42. The van der Waals surface area contributed by atoms with Crippen LogP contribution in [0, 0.1) is 0 Å². The van der Waals surface area contributed by atoms with Crippen LogP contribution in [-0.4, -0.2) is 37.2 Å². The highest BCUT2D eigenvalue weighted by Crippen LogP contribution is 2.13. The summed E-state index contributed by atoms with van der Waals surface area (Å²) in [6.07, 6.45) is 39.9. The van der Waals surface area contributed by atoms with Crippen LogP contribution in [0.1, 0.15) is 194 Å². The summed E-state index contributed by atoms with van der Waals surface area (Å²) < 4.78 is 16.5. The SMILES string of the molecule is CCC/C=C\C/C=C\CCCCCCCC(=O)OCC(COC(=O)CCCCCCCCC)OC(=O)CCCCCCC/C=C\CCC. The van der Waals surface area contributed by atoms with E-state index in [1.165, 1.54) is 51.4 Å². The van der Waals surface area contributed by atoms with Crippen molar-refractivity contribution in [3.05, 3.63) is 36.5 Å². The van der Waals surface area contributed by atoms with Gasteiger partial charge in [0.2, 0.25) is 0 Å². The van der Waals surface area contributed by atoms with E-state index in [1.54, 1.807) is 0 Å². The smallest absolute Gasteiger partial charge is 0.306 e. The maximum absolute atomic E-state index is 12.6. The van der Waals surface area contributed by atoms with Crippen molar-refractivity contribution < 1.29 is 28.6 Å². The van der Waals surface area contributed by atoms with Gasteiger partial charge in [-0.2, -0.15) is 0 Å². The van der Waals surface area contributed by atoms with Gasteiger partial charge in [-0.25, -0.2) is 0 Å². The van der Waals surface area contributed by atoms with E-state index in [0.29, 0.717) is 19.3 Å². The van der Waals surface area contributed by atoms with Crippen LogP contribution in [0.3, 0.4) is 0 Å². The highest BCUT2D eigenvalue weighted by atomic mass is 16.6. The fraction of sp³-hybridized carbons (Fsp3) is 0.786. The van der Waals surface area contributed by atoms with Gasteiger partial charge in [0.25, 0.3) is 0 Å². The van der Waals surface area contributed by atoms with Gasteiger partial charge in [0.1, 0.15) is 13.2 Å². The Balaban J connectivity index is 4.37. The molecule has 0 aliphatic heterocycles. The number of carbonyl (C=O) groups excluding carboxylic acids is 3. The van der Waals surface area contributed by atoms with Crippen molar-refractivity contribution in [1.82, 2.24) is 0 Å². The van der Waals surface area contributed by atoms with E-state index >= 15 is 0 Å². The molecule has 0 spiro atoms. The molecule has 0 rings (SSSR count). The monoisotopic (exact) mass is 675 g/mol. The molecule has 0 saturated carbocycles. The Labute approximate surface area is 295 Å². The molecule has 0 heterocycles. The molecular weight excluding hydrogens is 600 g/mol. The lowest BCUT2D eigenvalue weighted by Gasteiger charge is -2.18. The summed E-state index contributed by atoms with van der Waals surface area (Å²) in [5.41, 5.74) is 0. The molecule has 0 amide bonds. The third-order valence-electron chi connectivity index (χ3n) is 8.33. The summed E-state index contributed by atoms with van der Waals surface area (Å²) in [5.74, 6) is -0.918. The highest BCUT2D eigenvalue weighted by molar-refractivity contribution is 5.71. The zero-order chi connectivity index (χ0) is 35.2. The van der Waals surface area contributed by atoms with Crippen LogP contribution in [0.2, 0.25) is 0 Å². The molecule has 48 heavy (non-hydrogen) atoms. The van der Waals surface area contributed by atoms with Gasteiger partial charge in [-0.1, -0.05) is 147 Å². The zero-order valence-electron chi connectivity index (χ0n) is 31.5. The maximum atomic E-state index is 12.6. The normalized spacial score (nSPS) is 12.3. The van der Waals surface area contributed by atoms with Crippen molar-refractivity contribution in [2.75, 3.05) is 13.2 Å². The second-order valence-corrected chi connectivity index (χ2v) is 13.2. The molecule has 0 bridgehead atoms. The van der Waals surface area contributed by atoms with Crippen LogP contribution in [0.5, 0.6) is 0 Å². The molecule has 0 N–H and O–H groups in total. The van der Waals surface area contributed by atoms with Crippen molar-refractivity contribution in [3.8, 4) is 0 Å². The standard InChI is InChI=1S/C42H74O6/c1-4-7-10-13-16-18-20-21-22-24-26-29-32-35-41(44)47-38-39(37-46-40(43)34-31-28-25-15-12-9-6-3)48-42(45)36-33-30-27-23-19-17-14-11-8-5-2/h10-11,13-14,18,20,39H,4-9,12,15-17,19,21-38H2,1-3H3/b13-10-,14-11-,20-18-. The second-order valence-electron chi connectivity index (χ2n) is 13.2. The Kier molecular flexibility index (Phi) is 35.6. The van der Waals surface area contributed by atoms with E-state index in [9.17, 15) is 14.4 Å². The Morgan fingerprint density at radius 2 is 0.792 bits per heavy atom. The van der Waals surface area contributed by atoms with Gasteiger partial charge in [-0.3, -0.25) is 14.4 Å². The topological polar surface area (TPSA) is 78.9 Å². The first-order valence-electron chi connectivity index (χ1n) is 20.0. The summed E-state index contributed by atoms with van der Waals surface area (Å²) in [5, 5.41) is 0. The Bertz CT molecular complexity index is 830. The third kappa shape index (κ3) is 35.0. The zero-order valence-corrected chi connectivity index (χ0v) is 31.5. The van der Waals surface area contributed by atoms with Crippen molar-refractivity contribution in [2.45, 2.75) is 200 Å². The number of esters is 3. The molecule has 0 aliphatic carbocycles. The molecule has 1 unspecified atom stereocenters. The molecule has 0 aliphatic rings. The second kappa shape index (κ2) is 37.4. The fourth-order valence-corrected chi connectivity index (χ4v) is 5.30. The summed E-state index contributed by atoms with van der Waals surface area (Å²) in [7, 11) is 0. The van der Waals surface area contributed by atoms with E-state index in [0.717, 1.165) is 103 Å². The van der Waals surface area contributed by atoms with E-state index in [2.05, 4.69) is 57.2 Å². The molecule has 0 saturated heterocycles.